The number of hydrogen-bond donors (Lipinski definition) is 3. The zero-order valence-corrected chi connectivity index (χ0v) is 16.7. The second-order valence-electron chi connectivity index (χ2n) is 6.33. The first-order valence-electron chi connectivity index (χ1n) is 8.98. The van der Waals surface area contributed by atoms with Crippen molar-refractivity contribution in [2.75, 3.05) is 24.6 Å². The van der Waals surface area contributed by atoms with Crippen LogP contribution in [0.3, 0.4) is 0 Å². The third-order valence-electron chi connectivity index (χ3n) is 4.73. The first kappa shape index (κ1) is 22.2. The minimum Gasteiger partial charge on any atom is -0.466 e. The van der Waals surface area contributed by atoms with Crippen molar-refractivity contribution in [3.63, 3.8) is 0 Å². The van der Waals surface area contributed by atoms with Crippen molar-refractivity contribution >= 4 is 29.0 Å². The highest BCUT2D eigenvalue weighted by Gasteiger charge is 2.66. The number of anilines is 1. The Bertz CT molecular complexity index is 710. The van der Waals surface area contributed by atoms with E-state index in [2.05, 4.69) is 10.2 Å². The summed E-state index contributed by atoms with van der Waals surface area (Å²) in [5.74, 6) is -3.17. The van der Waals surface area contributed by atoms with Crippen molar-refractivity contribution in [3.05, 3.63) is 29.8 Å². The van der Waals surface area contributed by atoms with E-state index in [4.69, 9.17) is 17.0 Å². The van der Waals surface area contributed by atoms with Gasteiger partial charge in [0.1, 0.15) is 5.92 Å². The van der Waals surface area contributed by atoms with Gasteiger partial charge in [0.2, 0.25) is 0 Å². The number of ether oxygens (including phenoxy) is 1. The molecule has 0 spiro atoms. The zero-order chi connectivity index (χ0) is 21.1. The van der Waals surface area contributed by atoms with Crippen LogP contribution in [0.4, 0.5) is 18.9 Å². The highest BCUT2D eigenvalue weighted by atomic mass is 32.1. The average molecular weight is 419 g/mol. The molecule has 0 unspecified atom stereocenters. The van der Waals surface area contributed by atoms with Crippen LogP contribution in [0.1, 0.15) is 32.4 Å². The number of thiocarbonyl (C=S) groups is 1. The summed E-state index contributed by atoms with van der Waals surface area (Å²) in [4.78, 5) is 14.5. The number of rotatable bonds is 6. The van der Waals surface area contributed by atoms with Gasteiger partial charge in [-0.15, -0.1) is 0 Å². The van der Waals surface area contributed by atoms with E-state index in [-0.39, 0.29) is 6.61 Å². The van der Waals surface area contributed by atoms with Crippen molar-refractivity contribution in [3.8, 4) is 0 Å². The number of halogens is 3. The van der Waals surface area contributed by atoms with E-state index >= 15 is 0 Å². The molecule has 28 heavy (non-hydrogen) atoms. The molecule has 3 atom stereocenters. The molecular formula is C18H24F3N3O3S. The maximum Gasteiger partial charge on any atom is 0.437 e. The lowest BCUT2D eigenvalue weighted by molar-refractivity contribution is -0.292. The molecule has 1 aromatic rings. The average Bonchev–Trinajstić information content (AvgIpc) is 2.62. The first-order chi connectivity index (χ1) is 13.1. The van der Waals surface area contributed by atoms with Gasteiger partial charge in [-0.05, 0) is 50.7 Å². The van der Waals surface area contributed by atoms with Crippen LogP contribution in [0.25, 0.3) is 0 Å². The minimum absolute atomic E-state index is 0.124. The number of alkyl halides is 3. The van der Waals surface area contributed by atoms with Crippen LogP contribution in [0, 0.1) is 5.92 Å². The highest BCUT2D eigenvalue weighted by molar-refractivity contribution is 7.80. The van der Waals surface area contributed by atoms with E-state index < -0.39 is 34.9 Å². The third kappa shape index (κ3) is 4.17. The van der Waals surface area contributed by atoms with E-state index in [1.165, 1.54) is 6.92 Å². The summed E-state index contributed by atoms with van der Waals surface area (Å²) in [5, 5.41) is 14.5. The molecule has 6 nitrogen and oxygen atoms in total. The molecular weight excluding hydrogens is 395 g/mol. The van der Waals surface area contributed by atoms with Crippen molar-refractivity contribution < 1.29 is 27.8 Å². The Balaban J connectivity index is 2.49. The number of benzene rings is 1. The molecule has 1 aromatic carbocycles. The molecule has 1 aliphatic heterocycles. The summed E-state index contributed by atoms with van der Waals surface area (Å²) in [5.41, 5.74) is -2.28. The van der Waals surface area contributed by atoms with Crippen LogP contribution in [-0.4, -0.2) is 47.8 Å². The fourth-order valence-electron chi connectivity index (χ4n) is 3.30. The summed E-state index contributed by atoms with van der Waals surface area (Å²) in [6.45, 7) is 6.87. The number of nitrogens with one attached hydrogen (secondary N) is 2. The predicted molar refractivity (Wildman–Crippen MR) is 103 cm³/mol. The molecule has 3 N–H and O–H groups in total. The largest absolute Gasteiger partial charge is 0.466 e. The normalized spacial score (nSPS) is 24.9. The van der Waals surface area contributed by atoms with E-state index in [1.807, 2.05) is 19.2 Å². The summed E-state index contributed by atoms with van der Waals surface area (Å²) in [6.07, 6.45) is -5.16. The third-order valence-corrected chi connectivity index (χ3v) is 4.95. The van der Waals surface area contributed by atoms with Gasteiger partial charge in [0.25, 0.3) is 5.72 Å². The highest BCUT2D eigenvalue weighted by Crippen LogP contribution is 2.43. The predicted octanol–water partition coefficient (Wildman–Crippen LogP) is 2.48. The topological polar surface area (TPSA) is 73.8 Å². The Morgan fingerprint density at radius 1 is 1.25 bits per heavy atom. The molecule has 0 aromatic heterocycles. The SMILES string of the molecule is CCOC(=O)[C@@H]1[C@H](c2ccc(N(CC)CC)cc2)NC(=S)N[C@@]1(O)C(F)(F)F. The Kier molecular flexibility index (Phi) is 6.76. The fraction of sp³-hybridized carbons (Fsp3) is 0.556. The summed E-state index contributed by atoms with van der Waals surface area (Å²) in [6, 6.07) is 5.52. The molecule has 1 heterocycles. The molecule has 0 amide bonds. The van der Waals surface area contributed by atoms with Crippen LogP contribution < -0.4 is 15.5 Å². The number of hydrogen-bond acceptors (Lipinski definition) is 5. The minimum atomic E-state index is -5.16. The lowest BCUT2D eigenvalue weighted by Crippen LogP contribution is -2.73. The van der Waals surface area contributed by atoms with Crippen LogP contribution >= 0.6 is 12.2 Å². The maximum absolute atomic E-state index is 13.7. The summed E-state index contributed by atoms with van der Waals surface area (Å²) in [7, 11) is 0. The smallest absolute Gasteiger partial charge is 0.437 e. The van der Waals surface area contributed by atoms with E-state index in [0.29, 0.717) is 5.56 Å². The monoisotopic (exact) mass is 419 g/mol. The molecule has 0 aliphatic carbocycles. The van der Waals surface area contributed by atoms with Gasteiger partial charge >= 0.3 is 12.1 Å². The Morgan fingerprint density at radius 2 is 1.82 bits per heavy atom. The van der Waals surface area contributed by atoms with Gasteiger partial charge < -0.3 is 25.4 Å². The molecule has 1 saturated heterocycles. The van der Waals surface area contributed by atoms with Gasteiger partial charge in [-0.1, -0.05) is 12.1 Å². The molecule has 2 rings (SSSR count). The van der Waals surface area contributed by atoms with E-state index in [1.54, 1.807) is 24.3 Å². The molecule has 156 valence electrons. The zero-order valence-electron chi connectivity index (χ0n) is 15.8. The van der Waals surface area contributed by atoms with Crippen molar-refractivity contribution in [1.82, 2.24) is 10.6 Å². The molecule has 0 bridgehead atoms. The van der Waals surface area contributed by atoms with Crippen LogP contribution in [0.5, 0.6) is 0 Å². The number of esters is 1. The molecule has 0 saturated carbocycles. The van der Waals surface area contributed by atoms with E-state index in [0.717, 1.165) is 18.8 Å². The number of carbonyl (C=O) groups excluding carboxylic acids is 1. The van der Waals surface area contributed by atoms with Gasteiger partial charge in [-0.3, -0.25) is 4.79 Å². The van der Waals surface area contributed by atoms with Gasteiger partial charge in [-0.25, -0.2) is 0 Å². The molecule has 10 heteroatoms. The summed E-state index contributed by atoms with van der Waals surface area (Å²) >= 11 is 4.87. The Hall–Kier alpha value is -2.07. The quantitative estimate of drug-likeness (QED) is 0.483. The second-order valence-corrected chi connectivity index (χ2v) is 6.74. The van der Waals surface area contributed by atoms with Crippen molar-refractivity contribution in [2.24, 2.45) is 5.92 Å². The number of carbonyl (C=O) groups is 1. The van der Waals surface area contributed by atoms with Gasteiger partial charge in [0.05, 0.1) is 12.6 Å². The maximum atomic E-state index is 13.7. The lowest BCUT2D eigenvalue weighted by Gasteiger charge is -2.45. The fourth-order valence-corrected chi connectivity index (χ4v) is 3.58. The van der Waals surface area contributed by atoms with Crippen molar-refractivity contribution in [1.29, 1.82) is 0 Å². The van der Waals surface area contributed by atoms with Crippen LogP contribution in [0.2, 0.25) is 0 Å². The van der Waals surface area contributed by atoms with Crippen LogP contribution in [-0.2, 0) is 9.53 Å². The van der Waals surface area contributed by atoms with Crippen LogP contribution in [0.15, 0.2) is 24.3 Å². The molecule has 0 radical (unpaired) electrons. The Labute approximate surface area is 167 Å². The summed E-state index contributed by atoms with van der Waals surface area (Å²) < 4.78 is 45.9. The van der Waals surface area contributed by atoms with Gasteiger partial charge in [-0.2, -0.15) is 13.2 Å². The first-order valence-corrected chi connectivity index (χ1v) is 9.39. The standard InChI is InChI=1S/C18H24F3N3O3S/c1-4-24(5-2)12-9-7-11(8-10-12)14-13(15(25)27-6-3)17(26,18(19,20)21)23-16(28)22-14/h7-10,13-14,26H,4-6H2,1-3H3,(H2,22,23,28)/t13-,14-,17-/m0/s1. The number of nitrogens with zero attached hydrogens (tertiary/aromatic N) is 1. The van der Waals surface area contributed by atoms with Gasteiger partial charge in [0.15, 0.2) is 5.11 Å². The molecule has 1 fully saturated rings. The van der Waals surface area contributed by atoms with Crippen molar-refractivity contribution in [2.45, 2.75) is 38.7 Å². The second kappa shape index (κ2) is 8.52. The molecule has 1 aliphatic rings. The number of aliphatic hydroxyl groups is 1. The van der Waals surface area contributed by atoms with E-state index in [9.17, 15) is 23.1 Å². The Morgan fingerprint density at radius 3 is 2.29 bits per heavy atom. The van der Waals surface area contributed by atoms with Gasteiger partial charge in [0, 0.05) is 18.8 Å². The lowest BCUT2D eigenvalue weighted by atomic mass is 9.82.